The molecule has 1 aliphatic heterocycles. The molecule has 1 N–H and O–H groups in total. The van der Waals surface area contributed by atoms with Gasteiger partial charge < -0.3 is 14.8 Å². The van der Waals surface area contributed by atoms with Gasteiger partial charge in [-0.15, -0.1) is 0 Å². The number of nitrogens with zero attached hydrogens (tertiary/aromatic N) is 3. The lowest BCUT2D eigenvalue weighted by atomic mass is 9.89. The Morgan fingerprint density at radius 1 is 1.24 bits per heavy atom. The minimum Gasteiger partial charge on any atom is -0.489 e. The molecule has 0 amide bonds. The molecule has 4 rings (SSSR count). The third-order valence-corrected chi connectivity index (χ3v) is 4.96. The highest BCUT2D eigenvalue weighted by Crippen LogP contribution is 2.38. The summed E-state index contributed by atoms with van der Waals surface area (Å²) >= 11 is 0. The van der Waals surface area contributed by atoms with Crippen LogP contribution in [0.1, 0.15) is 22.7 Å². The SMILES string of the molecule is C=C1Nc2ncnn2[C@@H](c2ccc(OCc3cccc(C)c3)cc2)[C@@H]1C(=O)OC. The van der Waals surface area contributed by atoms with E-state index in [4.69, 9.17) is 9.47 Å². The van der Waals surface area contributed by atoms with E-state index in [9.17, 15) is 4.79 Å². The molecule has 2 aromatic carbocycles. The molecule has 0 unspecified atom stereocenters. The number of fused-ring (bicyclic) bond motifs is 1. The van der Waals surface area contributed by atoms with Crippen molar-refractivity contribution in [2.75, 3.05) is 12.4 Å². The molecule has 0 bridgehead atoms. The highest BCUT2D eigenvalue weighted by Gasteiger charge is 2.40. The van der Waals surface area contributed by atoms with Gasteiger partial charge in [0.1, 0.15) is 24.6 Å². The number of aromatic nitrogens is 3. The number of anilines is 1. The zero-order valence-electron chi connectivity index (χ0n) is 16.3. The predicted octanol–water partition coefficient (Wildman–Crippen LogP) is 3.48. The van der Waals surface area contributed by atoms with Crippen LogP contribution in [0.3, 0.4) is 0 Å². The highest BCUT2D eigenvalue weighted by atomic mass is 16.5. The number of esters is 1. The number of ether oxygens (including phenoxy) is 2. The van der Waals surface area contributed by atoms with Crippen molar-refractivity contribution >= 4 is 11.9 Å². The molecule has 2 heterocycles. The van der Waals surface area contributed by atoms with Crippen LogP contribution in [0.2, 0.25) is 0 Å². The Morgan fingerprint density at radius 3 is 2.76 bits per heavy atom. The lowest BCUT2D eigenvalue weighted by molar-refractivity contribution is -0.145. The van der Waals surface area contributed by atoms with E-state index in [1.54, 1.807) is 4.68 Å². The summed E-state index contributed by atoms with van der Waals surface area (Å²) in [5.74, 6) is 0.290. The Balaban J connectivity index is 1.58. The number of hydrogen-bond acceptors (Lipinski definition) is 6. The number of hydrogen-bond donors (Lipinski definition) is 1. The van der Waals surface area contributed by atoms with Crippen LogP contribution in [-0.2, 0) is 16.1 Å². The van der Waals surface area contributed by atoms with Crippen molar-refractivity contribution in [3.05, 3.63) is 83.8 Å². The summed E-state index contributed by atoms with van der Waals surface area (Å²) in [6.07, 6.45) is 1.45. The second-order valence-corrected chi connectivity index (χ2v) is 6.97. The van der Waals surface area contributed by atoms with Crippen LogP contribution in [0.4, 0.5) is 5.95 Å². The molecule has 7 heteroatoms. The smallest absolute Gasteiger partial charge is 0.317 e. The Kier molecular flexibility index (Phi) is 5.03. The summed E-state index contributed by atoms with van der Waals surface area (Å²) in [5.41, 5.74) is 3.73. The van der Waals surface area contributed by atoms with Crippen molar-refractivity contribution in [2.24, 2.45) is 5.92 Å². The molecule has 1 aromatic heterocycles. The monoisotopic (exact) mass is 390 g/mol. The van der Waals surface area contributed by atoms with Crippen LogP contribution in [0, 0.1) is 12.8 Å². The van der Waals surface area contributed by atoms with Gasteiger partial charge in [-0.25, -0.2) is 4.68 Å². The topological polar surface area (TPSA) is 78.3 Å². The van der Waals surface area contributed by atoms with Crippen molar-refractivity contribution in [3.63, 3.8) is 0 Å². The molecule has 0 spiro atoms. The summed E-state index contributed by atoms with van der Waals surface area (Å²) in [5, 5.41) is 7.31. The molecule has 0 saturated carbocycles. The van der Waals surface area contributed by atoms with Crippen molar-refractivity contribution in [1.29, 1.82) is 0 Å². The molecular formula is C22H22N4O3. The Hall–Kier alpha value is -3.61. The molecular weight excluding hydrogens is 368 g/mol. The van der Waals surface area contributed by atoms with Crippen LogP contribution in [0.25, 0.3) is 0 Å². The number of methoxy groups -OCH3 is 1. The van der Waals surface area contributed by atoms with E-state index in [1.165, 1.54) is 19.0 Å². The first-order valence-corrected chi connectivity index (χ1v) is 9.28. The Morgan fingerprint density at radius 2 is 2.03 bits per heavy atom. The average molecular weight is 390 g/mol. The minimum absolute atomic E-state index is 0.381. The van der Waals surface area contributed by atoms with Gasteiger partial charge in [0.15, 0.2) is 0 Å². The lowest BCUT2D eigenvalue weighted by Crippen LogP contribution is -2.37. The largest absolute Gasteiger partial charge is 0.489 e. The summed E-state index contributed by atoms with van der Waals surface area (Å²) in [7, 11) is 1.37. The zero-order chi connectivity index (χ0) is 20.4. The summed E-state index contributed by atoms with van der Waals surface area (Å²) in [6, 6.07) is 15.4. The third kappa shape index (κ3) is 3.71. The lowest BCUT2D eigenvalue weighted by Gasteiger charge is -2.32. The minimum atomic E-state index is -0.617. The molecule has 3 aromatic rings. The molecule has 1 aliphatic rings. The van der Waals surface area contributed by atoms with Gasteiger partial charge in [-0.2, -0.15) is 10.1 Å². The second kappa shape index (κ2) is 7.79. The molecule has 0 aliphatic carbocycles. The first kappa shape index (κ1) is 18.7. The van der Waals surface area contributed by atoms with E-state index in [1.807, 2.05) is 36.4 Å². The standard InChI is InChI=1S/C22H22N4O3/c1-14-5-4-6-16(11-14)12-29-18-9-7-17(8-10-18)20-19(21(27)28-3)15(2)25-22-23-13-24-26(20)22/h4-11,13,19-20H,2,12H2,1,3H3,(H,23,24,25)/t19-,20+/m1/s1. The van der Waals surface area contributed by atoms with Gasteiger partial charge in [0.05, 0.1) is 13.2 Å². The fraction of sp³-hybridized carbons (Fsp3) is 0.227. The van der Waals surface area contributed by atoms with Gasteiger partial charge in [0, 0.05) is 5.70 Å². The number of nitrogens with one attached hydrogen (secondary N) is 1. The van der Waals surface area contributed by atoms with Gasteiger partial charge in [0.25, 0.3) is 0 Å². The maximum Gasteiger partial charge on any atom is 0.317 e. The van der Waals surface area contributed by atoms with E-state index in [2.05, 4.69) is 41.0 Å². The molecule has 0 radical (unpaired) electrons. The maximum atomic E-state index is 12.4. The van der Waals surface area contributed by atoms with E-state index in [0.29, 0.717) is 18.3 Å². The second-order valence-electron chi connectivity index (χ2n) is 6.97. The number of carbonyl (C=O) groups is 1. The normalized spacial score (nSPS) is 17.9. The van der Waals surface area contributed by atoms with Gasteiger partial charge in [-0.05, 0) is 30.2 Å². The van der Waals surface area contributed by atoms with E-state index in [-0.39, 0.29) is 5.97 Å². The summed E-state index contributed by atoms with van der Waals surface area (Å²) < 4.78 is 12.6. The Labute approximate surface area is 169 Å². The van der Waals surface area contributed by atoms with Crippen LogP contribution < -0.4 is 10.1 Å². The van der Waals surface area contributed by atoms with E-state index in [0.717, 1.165) is 16.9 Å². The van der Waals surface area contributed by atoms with Crippen molar-refractivity contribution in [1.82, 2.24) is 14.8 Å². The van der Waals surface area contributed by atoms with Crippen LogP contribution in [0.15, 0.2) is 67.1 Å². The number of carbonyl (C=O) groups excluding carboxylic acids is 1. The number of aryl methyl sites for hydroxylation is 1. The fourth-order valence-electron chi connectivity index (χ4n) is 3.56. The fourth-order valence-corrected chi connectivity index (χ4v) is 3.56. The first-order valence-electron chi connectivity index (χ1n) is 9.28. The highest BCUT2D eigenvalue weighted by molar-refractivity contribution is 5.78. The number of rotatable bonds is 5. The van der Waals surface area contributed by atoms with Crippen molar-refractivity contribution < 1.29 is 14.3 Å². The van der Waals surface area contributed by atoms with Gasteiger partial charge in [-0.1, -0.05) is 48.5 Å². The average Bonchev–Trinajstić information content (AvgIpc) is 3.19. The Bertz CT molecular complexity index is 1040. The van der Waals surface area contributed by atoms with Gasteiger partial charge in [0.2, 0.25) is 5.95 Å². The zero-order valence-corrected chi connectivity index (χ0v) is 16.3. The summed E-state index contributed by atoms with van der Waals surface area (Å²) in [4.78, 5) is 16.6. The molecule has 0 saturated heterocycles. The summed E-state index contributed by atoms with van der Waals surface area (Å²) in [6.45, 7) is 6.53. The van der Waals surface area contributed by atoms with Crippen LogP contribution in [-0.4, -0.2) is 27.8 Å². The van der Waals surface area contributed by atoms with Crippen LogP contribution in [0.5, 0.6) is 5.75 Å². The third-order valence-electron chi connectivity index (χ3n) is 4.96. The molecule has 148 valence electrons. The first-order chi connectivity index (χ1) is 14.1. The maximum absolute atomic E-state index is 12.4. The molecule has 0 fully saturated rings. The quantitative estimate of drug-likeness (QED) is 0.672. The predicted molar refractivity (Wildman–Crippen MR) is 108 cm³/mol. The van der Waals surface area contributed by atoms with Crippen molar-refractivity contribution in [3.8, 4) is 5.75 Å². The van der Waals surface area contributed by atoms with E-state index < -0.39 is 12.0 Å². The molecule has 29 heavy (non-hydrogen) atoms. The van der Waals surface area contributed by atoms with Gasteiger partial charge >= 0.3 is 5.97 Å². The van der Waals surface area contributed by atoms with Crippen LogP contribution >= 0.6 is 0 Å². The van der Waals surface area contributed by atoms with Gasteiger partial charge in [-0.3, -0.25) is 4.79 Å². The van der Waals surface area contributed by atoms with Crippen molar-refractivity contribution in [2.45, 2.75) is 19.6 Å². The molecule has 7 nitrogen and oxygen atoms in total. The van der Waals surface area contributed by atoms with E-state index >= 15 is 0 Å². The molecule has 2 atom stereocenters. The number of benzene rings is 2.